The van der Waals surface area contributed by atoms with Gasteiger partial charge in [-0.15, -0.1) is 0 Å². The first-order chi connectivity index (χ1) is 40.2. The smallest absolute Gasteiger partial charge is 0.246 e. The van der Waals surface area contributed by atoms with Gasteiger partial charge in [-0.3, -0.25) is 52.7 Å². The Bertz CT molecular complexity index is 2390. The van der Waals surface area contributed by atoms with E-state index in [4.69, 9.17) is 0 Å². The second-order valence-electron chi connectivity index (χ2n) is 26.6. The van der Waals surface area contributed by atoms with Crippen LogP contribution in [-0.2, 0) is 57.7 Å². The van der Waals surface area contributed by atoms with Crippen molar-refractivity contribution in [2.24, 2.45) is 41.4 Å². The average Bonchev–Trinajstić information content (AvgIpc) is 1.50. The van der Waals surface area contributed by atoms with Crippen LogP contribution >= 0.6 is 0 Å². The summed E-state index contributed by atoms with van der Waals surface area (Å²) in [6, 6.07) is -12.7. The highest BCUT2D eigenvalue weighted by Crippen LogP contribution is 2.27. The third kappa shape index (κ3) is 21.5. The largest absolute Gasteiger partial charge is 0.343 e. The molecule has 0 aromatic carbocycles. The molecule has 3 N–H and O–H groups in total. The number of hydrogen-bond acceptors (Lipinski definition) is 12. The number of nitrogens with one attached hydrogen (secondary N) is 3. The van der Waals surface area contributed by atoms with Crippen LogP contribution in [0.15, 0.2) is 12.2 Å². The fourth-order valence-corrected chi connectivity index (χ4v) is 11.0. The summed E-state index contributed by atoms with van der Waals surface area (Å²) in [5.74, 6) is -10.2. The van der Waals surface area contributed by atoms with Crippen LogP contribution in [0.2, 0.25) is 0 Å². The summed E-state index contributed by atoms with van der Waals surface area (Å²) in [5, 5.41) is 8.30. The number of carbonyl (C=O) groups is 11. The first kappa shape index (κ1) is 78.8. The lowest BCUT2D eigenvalue weighted by atomic mass is 9.91. The summed E-state index contributed by atoms with van der Waals surface area (Å²) in [6.45, 7) is 29.1. The lowest BCUT2D eigenvalue weighted by Gasteiger charge is -2.42. The average molecular weight is 1230 g/mol. The molecule has 23 nitrogen and oxygen atoms in total. The van der Waals surface area contributed by atoms with E-state index in [1.807, 2.05) is 55.4 Å². The van der Waals surface area contributed by atoms with Crippen molar-refractivity contribution in [2.75, 3.05) is 62.9 Å². The molecule has 12 atom stereocenters. The molecule has 498 valence electrons. The maximum atomic E-state index is 15.2. The van der Waals surface area contributed by atoms with E-state index >= 15 is 18.9 Å². The van der Waals surface area contributed by atoms with Gasteiger partial charge in [0.15, 0.2) is 0 Å². The van der Waals surface area contributed by atoms with Crippen molar-refractivity contribution >= 4 is 65.0 Å². The Kier molecular flexibility index (Phi) is 32.3. The van der Waals surface area contributed by atoms with Crippen molar-refractivity contribution in [1.29, 1.82) is 0 Å². The van der Waals surface area contributed by atoms with Crippen LogP contribution in [0.3, 0.4) is 0 Å². The highest BCUT2D eigenvalue weighted by Gasteiger charge is 2.47. The predicted molar refractivity (Wildman–Crippen MR) is 333 cm³/mol. The van der Waals surface area contributed by atoms with Gasteiger partial charge in [0.2, 0.25) is 65.0 Å². The Balaban J connectivity index is 4.41. The molecule has 12 unspecified atom stereocenters. The topological polar surface area (TPSA) is 259 Å². The van der Waals surface area contributed by atoms with Gasteiger partial charge in [-0.1, -0.05) is 109 Å². The molecule has 1 saturated heterocycles. The van der Waals surface area contributed by atoms with E-state index in [1.165, 1.54) is 94.7 Å². The maximum Gasteiger partial charge on any atom is 0.246 e. The molecule has 87 heavy (non-hydrogen) atoms. The standard InChI is InChI=1S/C63H112FN11O12/c1-26-28-29-41(15)53(87-64)52-56(79)66-44(27-2)59(82)68(18)34-49(76)70(20)45(30-35(3)4)55(78)67-50(39(11)12)62(85)71(21)46(31-36(5)6)54(77)65-42(16)57(80)69(19)43(17)58(81)72(22)47(32-37(7)8)60(83)73(23)48(33-38(9)10)61(84)74(24)51(40(13)14)63(86)75(52)25/h26,28,35-48,50-53H,27,29-34H2,1-25H3,(H,65,77)(H,66,79)(H,67,78)/b28-26+. The molecule has 1 aliphatic rings. The molecule has 1 rings (SSSR count). The number of nitrogens with zero attached hydrogens (tertiary/aromatic N) is 8. The highest BCUT2D eigenvalue weighted by atomic mass is 19.3. The predicted octanol–water partition coefficient (Wildman–Crippen LogP) is 4.52. The SMILES string of the molecule is C/C=C/CC(C)C(OF)C1C(=O)NC(CC)C(=O)N(C)CC(=O)N(C)C(CC(C)C)C(=O)NC(C(C)C)C(=O)N(C)C(CC(C)C)C(=O)NC(C)C(=O)N(C)C(C)C(=O)N(C)C(CC(C)C)C(=O)N(C)C(CC(C)C)C(=O)N(C)C(C(C)C)C(=O)N1C. The highest BCUT2D eigenvalue weighted by molar-refractivity contribution is 5.99. The molecular weight excluding hydrogens is 1120 g/mol. The molecule has 24 heteroatoms. The lowest BCUT2D eigenvalue weighted by molar-refractivity contribution is -0.214. The summed E-state index contributed by atoms with van der Waals surface area (Å²) in [4.78, 5) is 175. The molecule has 1 aliphatic heterocycles. The van der Waals surface area contributed by atoms with E-state index in [0.717, 1.165) is 14.7 Å². The normalized spacial score (nSPS) is 26.7. The van der Waals surface area contributed by atoms with Crippen LogP contribution in [0.5, 0.6) is 0 Å². The van der Waals surface area contributed by atoms with Gasteiger partial charge in [0, 0.05) is 56.4 Å². The molecule has 0 aliphatic carbocycles. The summed E-state index contributed by atoms with van der Waals surface area (Å²) < 4.78 is 15.2. The first-order valence-corrected chi connectivity index (χ1v) is 31.1. The van der Waals surface area contributed by atoms with Crippen molar-refractivity contribution in [3.63, 3.8) is 0 Å². The molecular formula is C63H112FN11O12. The number of allylic oxidation sites excluding steroid dienone is 2. The maximum absolute atomic E-state index is 15.2. The number of rotatable bonds is 16. The molecule has 0 aromatic rings. The first-order valence-electron chi connectivity index (χ1n) is 31.1. The Morgan fingerprint density at radius 2 is 0.908 bits per heavy atom. The third-order valence-corrected chi connectivity index (χ3v) is 16.7. The van der Waals surface area contributed by atoms with E-state index in [0.29, 0.717) is 0 Å². The molecule has 0 radical (unpaired) electrons. The van der Waals surface area contributed by atoms with Gasteiger partial charge in [-0.25, -0.2) is 0 Å². The van der Waals surface area contributed by atoms with Gasteiger partial charge in [0.1, 0.15) is 66.5 Å². The minimum Gasteiger partial charge on any atom is -0.343 e. The molecule has 11 amide bonds. The minimum absolute atomic E-state index is 0.0275. The Labute approximate surface area is 519 Å². The Morgan fingerprint density at radius 1 is 0.483 bits per heavy atom. The van der Waals surface area contributed by atoms with Gasteiger partial charge in [0.25, 0.3) is 0 Å². The van der Waals surface area contributed by atoms with E-state index in [2.05, 4.69) is 20.9 Å². The molecule has 0 spiro atoms. The van der Waals surface area contributed by atoms with Gasteiger partial charge in [0.05, 0.1) is 6.54 Å². The van der Waals surface area contributed by atoms with Crippen molar-refractivity contribution in [1.82, 2.24) is 55.1 Å². The van der Waals surface area contributed by atoms with Gasteiger partial charge in [-0.2, -0.15) is 4.94 Å². The molecule has 0 bridgehead atoms. The van der Waals surface area contributed by atoms with Crippen molar-refractivity contribution < 1.29 is 62.2 Å². The second-order valence-corrected chi connectivity index (χ2v) is 26.6. The van der Waals surface area contributed by atoms with Crippen molar-refractivity contribution in [3.8, 4) is 0 Å². The van der Waals surface area contributed by atoms with Crippen LogP contribution in [0.4, 0.5) is 4.53 Å². The molecule has 1 fully saturated rings. The van der Waals surface area contributed by atoms with Gasteiger partial charge < -0.3 is 55.1 Å². The van der Waals surface area contributed by atoms with Crippen LogP contribution < -0.4 is 16.0 Å². The van der Waals surface area contributed by atoms with E-state index in [-0.39, 0.29) is 62.2 Å². The molecule has 0 aromatic heterocycles. The molecule has 0 saturated carbocycles. The third-order valence-electron chi connectivity index (χ3n) is 16.7. The summed E-state index contributed by atoms with van der Waals surface area (Å²) in [5.41, 5.74) is 0. The summed E-state index contributed by atoms with van der Waals surface area (Å²) in [7, 11) is 11.2. The minimum atomic E-state index is -1.75. The second kappa shape index (κ2) is 35.7. The van der Waals surface area contributed by atoms with Crippen LogP contribution in [-0.4, -0.2) is 234 Å². The number of carbonyl (C=O) groups excluding carboxylic acids is 11. The Hall–Kier alpha value is -6.20. The zero-order valence-corrected chi connectivity index (χ0v) is 57.4. The Morgan fingerprint density at radius 3 is 1.34 bits per heavy atom. The number of amides is 11. The van der Waals surface area contributed by atoms with E-state index in [1.54, 1.807) is 60.6 Å². The summed E-state index contributed by atoms with van der Waals surface area (Å²) >= 11 is 0. The zero-order valence-electron chi connectivity index (χ0n) is 57.4. The zero-order chi connectivity index (χ0) is 67.6. The van der Waals surface area contributed by atoms with Crippen LogP contribution in [0.25, 0.3) is 0 Å². The number of hydrogen-bond donors (Lipinski definition) is 3. The lowest BCUT2D eigenvalue weighted by Crippen LogP contribution is -2.63. The summed E-state index contributed by atoms with van der Waals surface area (Å²) in [6.07, 6.45) is 2.59. The fourth-order valence-electron chi connectivity index (χ4n) is 11.0. The van der Waals surface area contributed by atoms with E-state index < -0.39 is 156 Å². The van der Waals surface area contributed by atoms with Crippen molar-refractivity contribution in [3.05, 3.63) is 12.2 Å². The van der Waals surface area contributed by atoms with Crippen molar-refractivity contribution in [2.45, 2.75) is 223 Å². The number of likely N-dealkylation sites (N-methyl/N-ethyl adjacent to an activating group) is 8. The van der Waals surface area contributed by atoms with Gasteiger partial charge >= 0.3 is 0 Å². The molecule has 1 heterocycles. The van der Waals surface area contributed by atoms with E-state index in [9.17, 15) is 38.4 Å². The fraction of sp³-hybridized carbons (Fsp3) is 0.794. The number of halogens is 1. The van der Waals surface area contributed by atoms with Crippen LogP contribution in [0.1, 0.15) is 156 Å². The monoisotopic (exact) mass is 1230 g/mol. The van der Waals surface area contributed by atoms with Gasteiger partial charge in [-0.05, 0) is 105 Å². The van der Waals surface area contributed by atoms with Crippen LogP contribution in [0, 0.1) is 41.4 Å². The quantitative estimate of drug-likeness (QED) is 0.180.